The first-order chi connectivity index (χ1) is 18.1. The Labute approximate surface area is 896 Å². The van der Waals surface area contributed by atoms with E-state index >= 15 is 0 Å². The van der Waals surface area contributed by atoms with Gasteiger partial charge in [-0.15, -0.1) is 0 Å². The van der Waals surface area contributed by atoms with Crippen LogP contribution in [0.3, 0.4) is 0 Å². The molecule has 3 rings (SSSR count). The fraction of sp³-hybridized carbons (Fsp3) is 0.950. The monoisotopic (exact) mass is 1800 g/mol. The van der Waals surface area contributed by atoms with Crippen LogP contribution in [0.2, 0.25) is 0 Å². The van der Waals surface area contributed by atoms with Crippen molar-refractivity contribution in [2.45, 2.75) is 190 Å². The summed E-state index contributed by atoms with van der Waals surface area (Å²) in [7, 11) is 2.19. The van der Waals surface area contributed by atoms with Crippen LogP contribution >= 0.6 is 0 Å². The van der Waals surface area contributed by atoms with Crippen LogP contribution in [0, 0.1) is 360 Å². The van der Waals surface area contributed by atoms with Gasteiger partial charge in [-0.25, -0.2) is 0 Å². The summed E-state index contributed by atoms with van der Waals surface area (Å²) in [6, 6.07) is 0.775. The number of piperidine rings is 1. The van der Waals surface area contributed by atoms with Crippen LogP contribution < -0.4 is 0 Å². The van der Waals surface area contributed by atoms with Gasteiger partial charge in [-0.05, 0) is 120 Å². The Morgan fingerprint density at radius 3 is 0.742 bits per heavy atom. The molecular weight excluding hydrogens is 1700 g/mol. The Balaban J connectivity index is -0.00000000939. The van der Waals surface area contributed by atoms with Crippen molar-refractivity contribution in [3.05, 3.63) is 14.9 Å². The van der Waals surface area contributed by atoms with E-state index in [0.717, 1.165) is 6.04 Å². The third-order valence-electron chi connectivity index (χ3n) is 7.39. The molecular formula is C40H100Ar9N4Y9-2. The minimum atomic E-state index is 0. The predicted octanol–water partition coefficient (Wildman–Crippen LogP) is 12.3. The predicted molar refractivity (Wildman–Crippen MR) is 218 cm³/mol. The smallest absolute Gasteiger partial charge is 0.0126 e. The Bertz CT molecular complexity index is 536. The van der Waals surface area contributed by atoms with Crippen LogP contribution in [0.4, 0.5) is 0 Å². The van der Waals surface area contributed by atoms with Gasteiger partial charge in [0.2, 0.25) is 0 Å². The summed E-state index contributed by atoms with van der Waals surface area (Å²) in [6.45, 7) is 49.2. The third-order valence-corrected chi connectivity index (χ3v) is 7.39. The summed E-state index contributed by atoms with van der Waals surface area (Å²) < 4.78 is 0. The van der Waals surface area contributed by atoms with Crippen molar-refractivity contribution < 1.29 is 634 Å². The van der Waals surface area contributed by atoms with E-state index in [1.165, 1.54) is 78.0 Å². The van der Waals surface area contributed by atoms with E-state index in [4.69, 9.17) is 0 Å². The van der Waals surface area contributed by atoms with Crippen molar-refractivity contribution in [2.75, 3.05) is 59.4 Å². The molecule has 0 aromatic carbocycles. The number of nitrogens with zero attached hydrogens (tertiary/aromatic N) is 4. The summed E-state index contributed by atoms with van der Waals surface area (Å²) in [4.78, 5) is 10.1. The van der Waals surface area contributed by atoms with Gasteiger partial charge in [0.25, 0.3) is 0 Å². The molecule has 9 radical (unpaired) electrons. The molecule has 0 N–H and O–H groups in total. The first-order valence-corrected chi connectivity index (χ1v) is 17.0. The van der Waals surface area contributed by atoms with Crippen molar-refractivity contribution in [2.24, 2.45) is 5.41 Å². The fourth-order valence-corrected chi connectivity index (χ4v) is 4.52. The van der Waals surface area contributed by atoms with Crippen molar-refractivity contribution in [1.82, 2.24) is 19.6 Å². The van der Waals surface area contributed by atoms with Gasteiger partial charge >= 0.3 is 0 Å². The van der Waals surface area contributed by atoms with Crippen LogP contribution in [0.5, 0.6) is 0 Å². The number of likely N-dealkylation sites (tertiary alicyclic amines) is 2. The molecule has 3 saturated heterocycles. The van der Waals surface area contributed by atoms with Gasteiger partial charge in [-0.1, -0.05) is 91.5 Å². The molecule has 0 aromatic heterocycles. The Hall–Kier alpha value is 21.1. The molecule has 0 amide bonds. The SMILES string of the molecule is C.C.C.CC.CC.CC.CC.CC(C)N1CCCC1.CC1(C)CCN(C(C)(C)C)CC1.CN1CCN(C(C)(C)C)CC1.[Ar].[Ar].[Ar].[Ar].[Ar].[Ar].[Ar].[Ar].[Ar].[CH3-].[CH3-].[Y].[Y].[Y].[Y].[Y].[Y].[Y].[Y].[Y]. The zero-order valence-electron chi connectivity index (χ0n) is 41.7. The zero-order chi connectivity index (χ0) is 31.9. The maximum atomic E-state index is 2.60. The van der Waals surface area contributed by atoms with E-state index in [9.17, 15) is 0 Å². The molecule has 3 heterocycles. The summed E-state index contributed by atoms with van der Waals surface area (Å²) in [5.74, 6) is 0. The molecule has 3 aliphatic rings. The number of rotatable bonds is 1. The molecule has 0 bridgehead atoms. The normalized spacial score (nSPS) is 12.6. The Morgan fingerprint density at radius 1 is 0.387 bits per heavy atom. The van der Waals surface area contributed by atoms with Crippen molar-refractivity contribution in [1.29, 1.82) is 0 Å². The van der Waals surface area contributed by atoms with Gasteiger partial charge in [0.1, 0.15) is 0 Å². The summed E-state index contributed by atoms with van der Waals surface area (Å²) in [6.07, 6.45) is 5.53. The molecule has 22 heteroatoms. The summed E-state index contributed by atoms with van der Waals surface area (Å²) in [5, 5.41) is 0. The third kappa shape index (κ3) is 119. The number of likely N-dealkylation sites (N-methyl/N-ethyl adjacent to an activating group) is 1. The van der Waals surface area contributed by atoms with Crippen LogP contribution in [0.1, 0.15) is 173 Å². The number of piperazine rings is 1. The number of hydrogen-bond donors (Lipinski definition) is 0. The minimum Gasteiger partial charge on any atom is -0.358 e. The van der Waals surface area contributed by atoms with E-state index in [1.807, 2.05) is 55.4 Å². The van der Waals surface area contributed by atoms with Crippen molar-refractivity contribution in [3.8, 4) is 0 Å². The van der Waals surface area contributed by atoms with Gasteiger partial charge in [0.05, 0.1) is 0 Å². The average molecular weight is 1800 g/mol. The molecule has 0 unspecified atom stereocenters. The van der Waals surface area contributed by atoms with Crippen LogP contribution in [-0.2, 0) is 294 Å². The standard InChI is InChI=1S/C11H23N.C9H20N2.C7H15N.4C2H6.3CH4.2CH3.9Ar.9Y/c1-10(2,3)12-8-6-11(4,5)7-9-12;1-9(2,3)11-7-5-10(4)6-8-11;1-7(2)8-5-3-4-6-8;4*1-2;;;;;;;;;;;;;;;;;;;;;;;/h6-9H2,1-5H3;5-8H2,1-4H3;7H,3-6H2,1-2H3;4*1-2H3;3*1H4;2*1H3;;;;;;;;;;;;;;;;;;/q;;;;;;;;;;2*-1;;;;;;;;;;;;;;;;;;. The average Bonchev–Trinajstić information content (AvgIpc) is 3.44. The Kier molecular flexibility index (Phi) is 355. The van der Waals surface area contributed by atoms with Gasteiger partial charge < -0.3 is 24.7 Å². The zero-order valence-corrected chi connectivity index (χ0v) is 73.6. The van der Waals surface area contributed by atoms with Gasteiger partial charge in [-0.2, -0.15) is 0 Å². The summed E-state index contributed by atoms with van der Waals surface area (Å²) in [5.41, 5.74) is 1.32. The van der Waals surface area contributed by atoms with Gasteiger partial charge in [0, 0.05) is 677 Å². The molecule has 0 saturated carbocycles. The van der Waals surface area contributed by atoms with Crippen LogP contribution in [0.15, 0.2) is 0 Å². The molecule has 3 fully saturated rings. The molecule has 0 atom stereocenters. The second kappa shape index (κ2) is 124. The first-order valence-electron chi connectivity index (χ1n) is 17.0. The minimum absolute atomic E-state index is 0. The largest absolute Gasteiger partial charge is 0.358 e. The molecule has 3 aliphatic heterocycles. The van der Waals surface area contributed by atoms with Gasteiger partial charge in [0.15, 0.2) is 0 Å². The molecule has 62 heavy (non-hydrogen) atoms. The molecule has 0 spiro atoms. The molecule has 381 valence electrons. The maximum absolute atomic E-state index is 2.60. The van der Waals surface area contributed by atoms with E-state index in [-0.39, 0.29) is 671 Å². The van der Waals surface area contributed by atoms with Crippen molar-refractivity contribution >= 4 is 0 Å². The van der Waals surface area contributed by atoms with Crippen LogP contribution in [0.25, 0.3) is 0 Å². The van der Waals surface area contributed by atoms with Crippen molar-refractivity contribution in [3.63, 3.8) is 0 Å². The topological polar surface area (TPSA) is 13.0 Å². The Morgan fingerprint density at radius 2 is 0.581 bits per heavy atom. The first kappa shape index (κ1) is 178. The van der Waals surface area contributed by atoms with E-state index < -0.39 is 0 Å². The van der Waals surface area contributed by atoms with E-state index in [1.54, 1.807) is 0 Å². The fourth-order valence-electron chi connectivity index (χ4n) is 4.52. The second-order valence-corrected chi connectivity index (χ2v) is 13.1. The summed E-state index contributed by atoms with van der Waals surface area (Å²) >= 11 is 0. The van der Waals surface area contributed by atoms with E-state index in [0.29, 0.717) is 16.5 Å². The van der Waals surface area contributed by atoms with Crippen LogP contribution in [-0.4, -0.2) is 96.1 Å². The second-order valence-electron chi connectivity index (χ2n) is 13.1. The molecule has 0 aromatic rings. The number of hydrogen-bond acceptors (Lipinski definition) is 4. The molecule has 0 aliphatic carbocycles. The quantitative estimate of drug-likeness (QED) is 0.243. The molecule has 4 nitrogen and oxygen atoms in total. The van der Waals surface area contributed by atoms with E-state index in [2.05, 4.69) is 95.9 Å². The van der Waals surface area contributed by atoms with Gasteiger partial charge in [-0.3, -0.25) is 9.80 Å². The maximum Gasteiger partial charge on any atom is 0.0126 e.